The van der Waals surface area contributed by atoms with Crippen molar-refractivity contribution in [2.75, 3.05) is 18.4 Å². The Morgan fingerprint density at radius 3 is 2.54 bits per heavy atom. The van der Waals surface area contributed by atoms with E-state index in [1.807, 2.05) is 0 Å². The zero-order valence-electron chi connectivity index (χ0n) is 13.0. The van der Waals surface area contributed by atoms with Crippen molar-refractivity contribution >= 4 is 21.6 Å². The van der Waals surface area contributed by atoms with Gasteiger partial charge in [-0.2, -0.15) is 4.31 Å². The highest BCUT2D eigenvalue weighted by Gasteiger charge is 2.38. The van der Waals surface area contributed by atoms with Gasteiger partial charge in [-0.3, -0.25) is 9.78 Å². The molecule has 1 fully saturated rings. The molecule has 0 atom stereocenters. The summed E-state index contributed by atoms with van der Waals surface area (Å²) >= 11 is 0. The molecule has 1 saturated heterocycles. The number of benzene rings is 1. The van der Waals surface area contributed by atoms with E-state index in [1.165, 1.54) is 23.4 Å². The molecule has 1 N–H and O–H groups in total. The van der Waals surface area contributed by atoms with Crippen LogP contribution in [0, 0.1) is 0 Å². The number of pyridine rings is 1. The van der Waals surface area contributed by atoms with Crippen molar-refractivity contribution in [3.05, 3.63) is 48.8 Å². The Morgan fingerprint density at radius 1 is 1.25 bits per heavy atom. The fourth-order valence-corrected chi connectivity index (χ4v) is 3.85. The van der Waals surface area contributed by atoms with Crippen LogP contribution in [-0.4, -0.2) is 42.8 Å². The molecule has 2 heterocycles. The van der Waals surface area contributed by atoms with Gasteiger partial charge in [-0.15, -0.1) is 0 Å². The third-order valence-corrected chi connectivity index (χ3v) is 5.41. The van der Waals surface area contributed by atoms with E-state index >= 15 is 0 Å². The molecule has 0 unspecified atom stereocenters. The van der Waals surface area contributed by atoms with Crippen LogP contribution >= 0.6 is 0 Å². The fraction of sp³-hybridized carbons (Fsp3) is 0.250. The van der Waals surface area contributed by atoms with Crippen LogP contribution in [-0.2, 0) is 14.8 Å². The van der Waals surface area contributed by atoms with Gasteiger partial charge in [0.2, 0.25) is 15.9 Å². The zero-order valence-corrected chi connectivity index (χ0v) is 13.9. The molecule has 126 valence electrons. The van der Waals surface area contributed by atoms with Gasteiger partial charge < -0.3 is 10.1 Å². The number of aromatic nitrogens is 1. The molecule has 1 aromatic heterocycles. The van der Waals surface area contributed by atoms with Crippen LogP contribution in [0.15, 0.2) is 53.7 Å². The Kier molecular flexibility index (Phi) is 4.50. The fourth-order valence-electron chi connectivity index (χ4n) is 2.34. The lowest BCUT2D eigenvalue weighted by atomic mass is 10.2. The number of carbonyl (C=O) groups is 1. The molecule has 1 aliphatic heterocycles. The molecule has 1 aromatic carbocycles. The molecule has 24 heavy (non-hydrogen) atoms. The monoisotopic (exact) mass is 347 g/mol. The third-order valence-electron chi connectivity index (χ3n) is 3.56. The van der Waals surface area contributed by atoms with E-state index in [-0.39, 0.29) is 16.9 Å². The van der Waals surface area contributed by atoms with E-state index in [0.29, 0.717) is 24.5 Å². The Hall–Kier alpha value is -2.45. The lowest BCUT2D eigenvalue weighted by Crippen LogP contribution is -2.55. The minimum atomic E-state index is -3.55. The smallest absolute Gasteiger partial charge is 0.243 e. The number of amides is 1. The molecule has 3 rings (SSSR count). The van der Waals surface area contributed by atoms with Gasteiger partial charge in [0.25, 0.3) is 0 Å². The highest BCUT2D eigenvalue weighted by Crippen LogP contribution is 2.25. The van der Waals surface area contributed by atoms with E-state index in [4.69, 9.17) is 4.74 Å². The van der Waals surface area contributed by atoms with Crippen LogP contribution < -0.4 is 10.1 Å². The minimum Gasteiger partial charge on any atom is -0.486 e. The van der Waals surface area contributed by atoms with Gasteiger partial charge in [-0.25, -0.2) is 8.42 Å². The molecule has 8 heteroatoms. The van der Waals surface area contributed by atoms with Crippen LogP contribution in [0.3, 0.4) is 0 Å². The van der Waals surface area contributed by atoms with Crippen molar-refractivity contribution in [1.82, 2.24) is 9.29 Å². The van der Waals surface area contributed by atoms with Gasteiger partial charge in [0, 0.05) is 18.8 Å². The molecule has 0 spiro atoms. The summed E-state index contributed by atoms with van der Waals surface area (Å²) in [7, 11) is -3.55. The Labute approximate surface area is 140 Å². The first-order chi connectivity index (χ1) is 11.4. The van der Waals surface area contributed by atoms with Gasteiger partial charge >= 0.3 is 0 Å². The highest BCUT2D eigenvalue weighted by atomic mass is 32.2. The predicted molar refractivity (Wildman–Crippen MR) is 88.2 cm³/mol. The van der Waals surface area contributed by atoms with Crippen LogP contribution in [0.5, 0.6) is 5.75 Å². The number of nitrogens with one attached hydrogen (secondary N) is 1. The van der Waals surface area contributed by atoms with Crippen LogP contribution in [0.1, 0.15) is 6.92 Å². The molecular weight excluding hydrogens is 330 g/mol. The molecule has 2 aromatic rings. The average molecular weight is 347 g/mol. The van der Waals surface area contributed by atoms with E-state index in [1.54, 1.807) is 36.7 Å². The molecule has 7 nitrogen and oxygen atoms in total. The first kappa shape index (κ1) is 16.4. The maximum absolute atomic E-state index is 12.5. The molecule has 0 aliphatic carbocycles. The Morgan fingerprint density at radius 2 is 1.96 bits per heavy atom. The molecule has 0 saturated carbocycles. The van der Waals surface area contributed by atoms with Crippen molar-refractivity contribution in [2.24, 2.45) is 0 Å². The number of nitrogens with zero attached hydrogens (tertiary/aromatic N) is 2. The van der Waals surface area contributed by atoms with Crippen molar-refractivity contribution in [2.45, 2.75) is 17.9 Å². The standard InChI is InChI=1S/C16H17N3O4S/c1-12(20)18-13-4-6-16(7-5-13)24(21,22)19-10-15(11-19)23-14-3-2-8-17-9-14/h2-9,15H,10-11H2,1H3,(H,18,20). The number of anilines is 1. The summed E-state index contributed by atoms with van der Waals surface area (Å²) in [6, 6.07) is 9.64. The highest BCUT2D eigenvalue weighted by molar-refractivity contribution is 7.89. The number of rotatable bonds is 5. The van der Waals surface area contributed by atoms with Gasteiger partial charge in [-0.05, 0) is 36.4 Å². The largest absolute Gasteiger partial charge is 0.486 e. The molecule has 1 aliphatic rings. The summed E-state index contributed by atoms with van der Waals surface area (Å²) in [5.74, 6) is 0.419. The van der Waals surface area contributed by atoms with Gasteiger partial charge in [0.15, 0.2) is 0 Å². The zero-order chi connectivity index (χ0) is 17.2. The summed E-state index contributed by atoms with van der Waals surface area (Å²) in [6.45, 7) is 1.99. The third kappa shape index (κ3) is 3.55. The number of ether oxygens (including phenoxy) is 1. The second-order valence-corrected chi connectivity index (χ2v) is 7.39. The van der Waals surface area contributed by atoms with E-state index in [0.717, 1.165) is 0 Å². The quantitative estimate of drug-likeness (QED) is 0.885. The van der Waals surface area contributed by atoms with Gasteiger partial charge in [0.05, 0.1) is 24.2 Å². The van der Waals surface area contributed by atoms with E-state index in [2.05, 4.69) is 10.3 Å². The molecule has 1 amide bonds. The van der Waals surface area contributed by atoms with Crippen molar-refractivity contribution < 1.29 is 17.9 Å². The van der Waals surface area contributed by atoms with E-state index in [9.17, 15) is 13.2 Å². The Balaban J connectivity index is 1.62. The van der Waals surface area contributed by atoms with Crippen LogP contribution in [0.25, 0.3) is 0 Å². The lowest BCUT2D eigenvalue weighted by molar-refractivity contribution is -0.114. The summed E-state index contributed by atoms with van der Waals surface area (Å²) < 4.78 is 32.1. The van der Waals surface area contributed by atoms with Crippen molar-refractivity contribution in [1.29, 1.82) is 0 Å². The first-order valence-electron chi connectivity index (χ1n) is 7.39. The SMILES string of the molecule is CC(=O)Nc1ccc(S(=O)(=O)N2CC(Oc3cccnc3)C2)cc1. The topological polar surface area (TPSA) is 88.6 Å². The number of carbonyl (C=O) groups excluding carboxylic acids is 1. The normalized spacial score (nSPS) is 15.5. The summed E-state index contributed by atoms with van der Waals surface area (Å²) in [6.07, 6.45) is 3.06. The second-order valence-electron chi connectivity index (χ2n) is 5.46. The first-order valence-corrected chi connectivity index (χ1v) is 8.83. The summed E-state index contributed by atoms with van der Waals surface area (Å²) in [5.41, 5.74) is 0.558. The molecule has 0 bridgehead atoms. The molecule has 0 radical (unpaired) electrons. The molecular formula is C16H17N3O4S. The lowest BCUT2D eigenvalue weighted by Gasteiger charge is -2.37. The van der Waals surface area contributed by atoms with Gasteiger partial charge in [-0.1, -0.05) is 0 Å². The average Bonchev–Trinajstić information content (AvgIpc) is 2.51. The van der Waals surface area contributed by atoms with Crippen LogP contribution in [0.2, 0.25) is 0 Å². The second kappa shape index (κ2) is 6.58. The maximum Gasteiger partial charge on any atom is 0.243 e. The van der Waals surface area contributed by atoms with E-state index < -0.39 is 10.0 Å². The number of sulfonamides is 1. The summed E-state index contributed by atoms with van der Waals surface area (Å²) in [4.78, 5) is 15.1. The predicted octanol–water partition coefficient (Wildman–Crippen LogP) is 1.49. The number of hydrogen-bond acceptors (Lipinski definition) is 5. The Bertz CT molecular complexity index is 816. The van der Waals surface area contributed by atoms with Crippen molar-refractivity contribution in [3.63, 3.8) is 0 Å². The maximum atomic E-state index is 12.5. The van der Waals surface area contributed by atoms with Crippen LogP contribution in [0.4, 0.5) is 5.69 Å². The minimum absolute atomic E-state index is 0.178. The summed E-state index contributed by atoms with van der Waals surface area (Å²) in [5, 5.41) is 2.60. The van der Waals surface area contributed by atoms with Gasteiger partial charge in [0.1, 0.15) is 11.9 Å². The van der Waals surface area contributed by atoms with Crippen molar-refractivity contribution in [3.8, 4) is 5.75 Å². The number of hydrogen-bond donors (Lipinski definition) is 1.